The number of carbonyl (C=O) groups excluding carboxylic acids is 1. The molecule has 1 unspecified atom stereocenters. The van der Waals surface area contributed by atoms with Crippen molar-refractivity contribution < 1.29 is 17.9 Å². The molecule has 1 N–H and O–H groups in total. The second-order valence-corrected chi connectivity index (χ2v) is 9.23. The van der Waals surface area contributed by atoms with Crippen LogP contribution in [0.1, 0.15) is 43.1 Å². The molecule has 138 valence electrons. The van der Waals surface area contributed by atoms with Crippen LogP contribution in [0.4, 0.5) is 0 Å². The lowest BCUT2D eigenvalue weighted by Crippen LogP contribution is -2.42. The molecule has 3 aliphatic rings. The van der Waals surface area contributed by atoms with Crippen LogP contribution in [0, 0.1) is 5.92 Å². The maximum absolute atomic E-state index is 13.0. The summed E-state index contributed by atoms with van der Waals surface area (Å²) in [6.07, 6.45) is 5.88. The number of hydrogen-bond acceptors (Lipinski definition) is 4. The van der Waals surface area contributed by atoms with Gasteiger partial charge in [0, 0.05) is 31.4 Å². The van der Waals surface area contributed by atoms with Crippen molar-refractivity contribution in [1.29, 1.82) is 0 Å². The predicted molar refractivity (Wildman–Crippen MR) is 91.7 cm³/mol. The van der Waals surface area contributed by atoms with Crippen LogP contribution in [0.5, 0.6) is 0 Å². The van der Waals surface area contributed by atoms with E-state index < -0.39 is 10.0 Å². The summed E-state index contributed by atoms with van der Waals surface area (Å²) < 4.78 is 32.1. The molecule has 0 radical (unpaired) electrons. The van der Waals surface area contributed by atoms with Crippen LogP contribution in [0.2, 0.25) is 0 Å². The summed E-state index contributed by atoms with van der Waals surface area (Å²) in [5, 5.41) is 0. The number of sulfonamides is 1. The smallest absolute Gasteiger partial charge is 0.270 e. The second-order valence-electron chi connectivity index (χ2n) is 7.29. The SMILES string of the molecule is CC(C1CC1)N(C(=O)c1cc(S(=O)(=O)N2CCOCC2)c[nH]1)C1CC1. The minimum Gasteiger partial charge on any atom is -0.379 e. The van der Waals surface area contributed by atoms with E-state index in [1.165, 1.54) is 29.4 Å². The van der Waals surface area contributed by atoms with Gasteiger partial charge in [0.15, 0.2) is 0 Å². The number of nitrogens with one attached hydrogen (secondary N) is 1. The lowest BCUT2D eigenvalue weighted by molar-refractivity contribution is 0.0648. The maximum atomic E-state index is 13.0. The maximum Gasteiger partial charge on any atom is 0.270 e. The fourth-order valence-corrected chi connectivity index (χ4v) is 4.97. The molecule has 2 aliphatic carbocycles. The molecular formula is C17H25N3O4S. The molecule has 0 spiro atoms. The molecule has 8 heteroatoms. The highest BCUT2D eigenvalue weighted by Gasteiger charge is 2.42. The molecule has 1 aromatic heterocycles. The lowest BCUT2D eigenvalue weighted by atomic mass is 10.1. The summed E-state index contributed by atoms with van der Waals surface area (Å²) in [6, 6.07) is 2.02. The van der Waals surface area contributed by atoms with Crippen LogP contribution >= 0.6 is 0 Å². The van der Waals surface area contributed by atoms with E-state index in [9.17, 15) is 13.2 Å². The van der Waals surface area contributed by atoms with Crippen molar-refractivity contribution in [2.45, 2.75) is 49.6 Å². The third-order valence-corrected chi connectivity index (χ3v) is 7.29. The number of ether oxygens (including phenoxy) is 1. The Labute approximate surface area is 148 Å². The number of hydrogen-bond donors (Lipinski definition) is 1. The molecular weight excluding hydrogens is 342 g/mol. The molecule has 1 atom stereocenters. The van der Waals surface area contributed by atoms with Crippen LogP contribution in [-0.2, 0) is 14.8 Å². The fourth-order valence-electron chi connectivity index (χ4n) is 3.56. The predicted octanol–water partition coefficient (Wildman–Crippen LogP) is 1.44. The summed E-state index contributed by atoms with van der Waals surface area (Å²) in [5.74, 6) is 0.515. The largest absolute Gasteiger partial charge is 0.379 e. The molecule has 4 rings (SSSR count). The number of nitrogens with zero attached hydrogens (tertiary/aromatic N) is 2. The highest BCUT2D eigenvalue weighted by atomic mass is 32.2. The molecule has 1 aliphatic heterocycles. The number of amides is 1. The van der Waals surface area contributed by atoms with Crippen molar-refractivity contribution in [3.8, 4) is 0 Å². The Bertz CT molecular complexity index is 746. The van der Waals surface area contributed by atoms with Crippen LogP contribution < -0.4 is 0 Å². The average Bonchev–Trinajstić information content (AvgIpc) is 3.54. The molecule has 2 heterocycles. The first kappa shape index (κ1) is 17.1. The Balaban J connectivity index is 1.54. The third-order valence-electron chi connectivity index (χ3n) is 5.41. The summed E-state index contributed by atoms with van der Waals surface area (Å²) in [5.41, 5.74) is 0.367. The first-order valence-electron chi connectivity index (χ1n) is 9.07. The summed E-state index contributed by atoms with van der Waals surface area (Å²) in [4.78, 5) is 18.0. The van der Waals surface area contributed by atoms with Gasteiger partial charge in [0.05, 0.1) is 13.2 Å². The summed E-state index contributed by atoms with van der Waals surface area (Å²) >= 11 is 0. The zero-order chi connectivity index (χ0) is 17.6. The van der Waals surface area contributed by atoms with Gasteiger partial charge in [-0.25, -0.2) is 8.42 Å². The number of aromatic nitrogens is 1. The third kappa shape index (κ3) is 3.35. The normalized spacial score (nSPS) is 23.4. The number of carbonyl (C=O) groups is 1. The minimum atomic E-state index is -3.58. The number of H-pyrrole nitrogens is 1. The van der Waals surface area contributed by atoms with Crippen molar-refractivity contribution in [3.05, 3.63) is 18.0 Å². The van der Waals surface area contributed by atoms with Gasteiger partial charge in [-0.3, -0.25) is 4.79 Å². The van der Waals surface area contributed by atoms with Gasteiger partial charge in [-0.2, -0.15) is 4.31 Å². The number of morpholine rings is 1. The van der Waals surface area contributed by atoms with E-state index in [0.29, 0.717) is 44.0 Å². The van der Waals surface area contributed by atoms with Gasteiger partial charge in [0.2, 0.25) is 10.0 Å². The highest BCUT2D eigenvalue weighted by molar-refractivity contribution is 7.89. The molecule has 3 fully saturated rings. The van der Waals surface area contributed by atoms with Gasteiger partial charge in [-0.05, 0) is 44.6 Å². The number of rotatable bonds is 6. The van der Waals surface area contributed by atoms with E-state index in [4.69, 9.17) is 4.74 Å². The monoisotopic (exact) mass is 367 g/mol. The molecule has 1 saturated heterocycles. The van der Waals surface area contributed by atoms with Crippen LogP contribution in [0.15, 0.2) is 17.2 Å². The van der Waals surface area contributed by atoms with Crippen molar-refractivity contribution in [1.82, 2.24) is 14.2 Å². The van der Waals surface area contributed by atoms with Gasteiger partial charge in [-0.1, -0.05) is 0 Å². The summed E-state index contributed by atoms with van der Waals surface area (Å²) in [7, 11) is -3.58. The van der Waals surface area contributed by atoms with Gasteiger partial charge < -0.3 is 14.6 Å². The Kier molecular flexibility index (Phi) is 4.37. The van der Waals surface area contributed by atoms with Crippen molar-refractivity contribution in [2.24, 2.45) is 5.92 Å². The Morgan fingerprint density at radius 2 is 1.96 bits per heavy atom. The van der Waals surface area contributed by atoms with Crippen LogP contribution in [-0.4, -0.2) is 66.9 Å². The van der Waals surface area contributed by atoms with Crippen LogP contribution in [0.25, 0.3) is 0 Å². The van der Waals surface area contributed by atoms with Crippen molar-refractivity contribution in [2.75, 3.05) is 26.3 Å². The van der Waals surface area contributed by atoms with E-state index in [2.05, 4.69) is 11.9 Å². The quantitative estimate of drug-likeness (QED) is 0.825. The van der Waals surface area contributed by atoms with Gasteiger partial charge in [-0.15, -0.1) is 0 Å². The minimum absolute atomic E-state index is 0.0784. The average molecular weight is 367 g/mol. The van der Waals surface area contributed by atoms with Gasteiger partial charge >= 0.3 is 0 Å². The number of aromatic amines is 1. The van der Waals surface area contributed by atoms with E-state index in [1.54, 1.807) is 0 Å². The molecule has 0 aromatic carbocycles. The molecule has 0 bridgehead atoms. The van der Waals surface area contributed by atoms with E-state index in [0.717, 1.165) is 12.8 Å². The highest BCUT2D eigenvalue weighted by Crippen LogP contribution is 2.40. The van der Waals surface area contributed by atoms with E-state index >= 15 is 0 Å². The van der Waals surface area contributed by atoms with Gasteiger partial charge in [0.25, 0.3) is 5.91 Å². The first-order valence-corrected chi connectivity index (χ1v) is 10.5. The van der Waals surface area contributed by atoms with Crippen molar-refractivity contribution >= 4 is 15.9 Å². The molecule has 1 amide bonds. The molecule has 25 heavy (non-hydrogen) atoms. The Morgan fingerprint density at radius 1 is 1.28 bits per heavy atom. The Morgan fingerprint density at radius 3 is 2.56 bits per heavy atom. The standard InChI is InChI=1S/C17H25N3O4S/c1-12(13-2-3-13)20(14-4-5-14)17(21)16-10-15(11-18-16)25(22,23)19-6-8-24-9-7-19/h10-14,18H,2-9H2,1H3. The van der Waals surface area contributed by atoms with Crippen molar-refractivity contribution in [3.63, 3.8) is 0 Å². The molecule has 1 aromatic rings. The zero-order valence-corrected chi connectivity index (χ0v) is 15.3. The van der Waals surface area contributed by atoms with Crippen LogP contribution in [0.3, 0.4) is 0 Å². The second kappa shape index (κ2) is 6.41. The lowest BCUT2D eigenvalue weighted by Gasteiger charge is -2.29. The zero-order valence-electron chi connectivity index (χ0n) is 14.5. The molecule has 7 nitrogen and oxygen atoms in total. The summed E-state index contributed by atoms with van der Waals surface area (Å²) in [6.45, 7) is 3.63. The topological polar surface area (TPSA) is 82.7 Å². The first-order chi connectivity index (χ1) is 12.0. The van der Waals surface area contributed by atoms with E-state index in [1.807, 2.05) is 4.90 Å². The fraction of sp³-hybridized carbons (Fsp3) is 0.706. The van der Waals surface area contributed by atoms with Gasteiger partial charge in [0.1, 0.15) is 10.6 Å². The van der Waals surface area contributed by atoms with E-state index in [-0.39, 0.29) is 16.8 Å². The molecule has 2 saturated carbocycles. The Hall–Kier alpha value is -1.38.